The molecule has 0 aliphatic rings. The fourth-order valence-electron chi connectivity index (χ4n) is 1.42. The fraction of sp³-hybridized carbons (Fsp3) is 0.182. The Morgan fingerprint density at radius 3 is 2.56 bits per heavy atom. The van der Waals surface area contributed by atoms with Gasteiger partial charge in [0, 0.05) is 16.6 Å². The van der Waals surface area contributed by atoms with E-state index >= 15 is 0 Å². The molecule has 0 aliphatic heterocycles. The largest absolute Gasteiger partial charge is 0.326 e. The van der Waals surface area contributed by atoms with Crippen LogP contribution < -0.4 is 5.73 Å². The van der Waals surface area contributed by atoms with E-state index in [4.69, 9.17) is 17.3 Å². The van der Waals surface area contributed by atoms with E-state index in [1.807, 2.05) is 24.3 Å². The van der Waals surface area contributed by atoms with Crippen molar-refractivity contribution in [1.82, 2.24) is 9.78 Å². The predicted octanol–water partition coefficient (Wildman–Crippen LogP) is 2.81. The Labute approximate surface area is 107 Å². The van der Waals surface area contributed by atoms with Gasteiger partial charge in [0.2, 0.25) is 0 Å². The standard InChI is InChI=1S/C11H11BrClN3/c12-10-3-1-8(2-4-10)7-16-11(13)9(5-14)6-15-16/h1-4,6H,5,7,14H2. The Morgan fingerprint density at radius 2 is 2.00 bits per heavy atom. The highest BCUT2D eigenvalue weighted by atomic mass is 79.9. The van der Waals surface area contributed by atoms with Gasteiger partial charge in [-0.2, -0.15) is 5.10 Å². The lowest BCUT2D eigenvalue weighted by atomic mass is 10.2. The van der Waals surface area contributed by atoms with Crippen molar-refractivity contribution in [2.75, 3.05) is 0 Å². The highest BCUT2D eigenvalue weighted by Crippen LogP contribution is 2.17. The number of hydrogen-bond acceptors (Lipinski definition) is 2. The minimum absolute atomic E-state index is 0.416. The molecule has 5 heteroatoms. The lowest BCUT2D eigenvalue weighted by molar-refractivity contribution is 0.687. The normalized spacial score (nSPS) is 10.7. The van der Waals surface area contributed by atoms with Crippen LogP contribution in [0.4, 0.5) is 0 Å². The van der Waals surface area contributed by atoms with E-state index in [1.165, 1.54) is 0 Å². The molecule has 16 heavy (non-hydrogen) atoms. The van der Waals surface area contributed by atoms with Crippen molar-refractivity contribution in [3.05, 3.63) is 51.2 Å². The summed E-state index contributed by atoms with van der Waals surface area (Å²) in [5.41, 5.74) is 7.56. The zero-order valence-electron chi connectivity index (χ0n) is 8.53. The highest BCUT2D eigenvalue weighted by molar-refractivity contribution is 9.10. The molecule has 0 saturated heterocycles. The Morgan fingerprint density at radius 1 is 1.31 bits per heavy atom. The number of halogens is 2. The van der Waals surface area contributed by atoms with Crippen LogP contribution in [0, 0.1) is 0 Å². The van der Waals surface area contributed by atoms with E-state index in [0.29, 0.717) is 18.2 Å². The third-order valence-electron chi connectivity index (χ3n) is 2.31. The van der Waals surface area contributed by atoms with Crippen molar-refractivity contribution in [3.8, 4) is 0 Å². The molecule has 0 bridgehead atoms. The molecule has 0 unspecified atom stereocenters. The van der Waals surface area contributed by atoms with Crippen LogP contribution in [0.2, 0.25) is 5.15 Å². The Kier molecular flexibility index (Phi) is 3.63. The van der Waals surface area contributed by atoms with Gasteiger partial charge in [-0.3, -0.25) is 0 Å². The maximum atomic E-state index is 6.12. The molecule has 0 saturated carbocycles. The molecule has 1 heterocycles. The molecule has 0 amide bonds. The molecule has 1 aromatic carbocycles. The van der Waals surface area contributed by atoms with Crippen LogP contribution in [0.15, 0.2) is 34.9 Å². The van der Waals surface area contributed by atoms with Crippen LogP contribution in [0.25, 0.3) is 0 Å². The van der Waals surface area contributed by atoms with Crippen LogP contribution in [0.1, 0.15) is 11.1 Å². The van der Waals surface area contributed by atoms with Gasteiger partial charge in [-0.25, -0.2) is 4.68 Å². The van der Waals surface area contributed by atoms with E-state index in [9.17, 15) is 0 Å². The molecule has 2 rings (SSSR count). The average molecular weight is 301 g/mol. The summed E-state index contributed by atoms with van der Waals surface area (Å²) in [7, 11) is 0. The second-order valence-electron chi connectivity index (χ2n) is 3.45. The van der Waals surface area contributed by atoms with Gasteiger partial charge in [0.25, 0.3) is 0 Å². The first-order chi connectivity index (χ1) is 7.70. The maximum absolute atomic E-state index is 6.12. The quantitative estimate of drug-likeness (QED) is 0.947. The molecule has 0 aliphatic carbocycles. The van der Waals surface area contributed by atoms with Crippen LogP contribution in [-0.4, -0.2) is 9.78 Å². The van der Waals surface area contributed by atoms with E-state index < -0.39 is 0 Å². The maximum Gasteiger partial charge on any atom is 0.131 e. The first-order valence-electron chi connectivity index (χ1n) is 4.85. The van der Waals surface area contributed by atoms with Gasteiger partial charge in [-0.05, 0) is 17.7 Å². The molecule has 0 spiro atoms. The third kappa shape index (κ3) is 2.45. The van der Waals surface area contributed by atoms with Crippen LogP contribution in [0.3, 0.4) is 0 Å². The molecular weight excluding hydrogens is 289 g/mol. The summed E-state index contributed by atoms with van der Waals surface area (Å²) in [5.74, 6) is 0. The topological polar surface area (TPSA) is 43.8 Å². The molecule has 0 atom stereocenters. The first-order valence-corrected chi connectivity index (χ1v) is 6.02. The summed E-state index contributed by atoms with van der Waals surface area (Å²) >= 11 is 9.51. The third-order valence-corrected chi connectivity index (χ3v) is 3.28. The highest BCUT2D eigenvalue weighted by Gasteiger charge is 2.06. The number of benzene rings is 1. The van der Waals surface area contributed by atoms with Gasteiger partial charge >= 0.3 is 0 Å². The fourth-order valence-corrected chi connectivity index (χ4v) is 1.91. The van der Waals surface area contributed by atoms with Gasteiger partial charge in [0.05, 0.1) is 12.7 Å². The van der Waals surface area contributed by atoms with E-state index in [2.05, 4.69) is 21.0 Å². The van der Waals surface area contributed by atoms with Gasteiger partial charge in [0.15, 0.2) is 0 Å². The lowest BCUT2D eigenvalue weighted by Gasteiger charge is -2.04. The molecule has 2 aromatic rings. The van der Waals surface area contributed by atoms with E-state index in [0.717, 1.165) is 15.6 Å². The summed E-state index contributed by atoms with van der Waals surface area (Å²) < 4.78 is 2.80. The Hall–Kier alpha value is -0.840. The van der Waals surface area contributed by atoms with Crippen molar-refractivity contribution in [3.63, 3.8) is 0 Å². The summed E-state index contributed by atoms with van der Waals surface area (Å²) in [6.45, 7) is 1.07. The monoisotopic (exact) mass is 299 g/mol. The van der Waals surface area contributed by atoms with Gasteiger partial charge in [0.1, 0.15) is 5.15 Å². The van der Waals surface area contributed by atoms with Crippen molar-refractivity contribution in [2.24, 2.45) is 5.73 Å². The average Bonchev–Trinajstić information content (AvgIpc) is 2.63. The minimum Gasteiger partial charge on any atom is -0.326 e. The number of hydrogen-bond donors (Lipinski definition) is 1. The first kappa shape index (κ1) is 11.6. The van der Waals surface area contributed by atoms with Gasteiger partial charge in [-0.1, -0.05) is 39.7 Å². The summed E-state index contributed by atoms with van der Waals surface area (Å²) in [6.07, 6.45) is 1.71. The minimum atomic E-state index is 0.416. The van der Waals surface area contributed by atoms with E-state index in [-0.39, 0.29) is 0 Å². The van der Waals surface area contributed by atoms with Crippen molar-refractivity contribution in [2.45, 2.75) is 13.1 Å². The van der Waals surface area contributed by atoms with Crippen molar-refractivity contribution >= 4 is 27.5 Å². The SMILES string of the molecule is NCc1cnn(Cc2ccc(Br)cc2)c1Cl. The molecule has 0 fully saturated rings. The second kappa shape index (κ2) is 4.99. The van der Waals surface area contributed by atoms with Gasteiger partial charge in [-0.15, -0.1) is 0 Å². The van der Waals surface area contributed by atoms with Crippen LogP contribution in [0.5, 0.6) is 0 Å². The summed E-state index contributed by atoms with van der Waals surface area (Å²) in [6, 6.07) is 8.06. The zero-order chi connectivity index (χ0) is 11.5. The molecule has 2 N–H and O–H groups in total. The summed E-state index contributed by atoms with van der Waals surface area (Å²) in [4.78, 5) is 0. The lowest BCUT2D eigenvalue weighted by Crippen LogP contribution is -2.02. The molecule has 0 radical (unpaired) electrons. The molecule has 84 valence electrons. The Balaban J connectivity index is 2.20. The molecule has 3 nitrogen and oxygen atoms in total. The van der Waals surface area contributed by atoms with Gasteiger partial charge < -0.3 is 5.73 Å². The molecular formula is C11H11BrClN3. The predicted molar refractivity (Wildman–Crippen MR) is 68.4 cm³/mol. The van der Waals surface area contributed by atoms with Crippen LogP contribution >= 0.6 is 27.5 Å². The number of nitrogens with zero attached hydrogens (tertiary/aromatic N) is 2. The number of rotatable bonds is 3. The number of nitrogens with two attached hydrogens (primary N) is 1. The Bertz CT molecular complexity index is 478. The summed E-state index contributed by atoms with van der Waals surface area (Å²) in [5, 5.41) is 4.81. The smallest absolute Gasteiger partial charge is 0.131 e. The van der Waals surface area contributed by atoms with Crippen LogP contribution in [-0.2, 0) is 13.1 Å². The molecule has 1 aromatic heterocycles. The van der Waals surface area contributed by atoms with Crippen molar-refractivity contribution in [1.29, 1.82) is 0 Å². The number of aromatic nitrogens is 2. The zero-order valence-corrected chi connectivity index (χ0v) is 10.9. The second-order valence-corrected chi connectivity index (χ2v) is 4.72. The van der Waals surface area contributed by atoms with E-state index in [1.54, 1.807) is 10.9 Å². The van der Waals surface area contributed by atoms with Crippen molar-refractivity contribution < 1.29 is 0 Å².